The number of aryl methyl sites for hydroxylation is 1. The number of carbonyl (C=O) groups excluding carboxylic acids is 1. The minimum Gasteiger partial charge on any atom is -0.340 e. The number of rotatable bonds is 5. The van der Waals surface area contributed by atoms with Crippen molar-refractivity contribution in [2.75, 3.05) is 26.2 Å². The molecule has 2 heterocycles. The molecule has 0 spiro atoms. The maximum atomic E-state index is 12.4. The number of nitrogens with zero attached hydrogens (tertiary/aromatic N) is 2. The molecule has 1 fully saturated rings. The molecule has 3 rings (SSSR count). The first kappa shape index (κ1) is 17.7. The summed E-state index contributed by atoms with van der Waals surface area (Å²) in [5, 5.41) is 3.22. The van der Waals surface area contributed by atoms with Crippen LogP contribution in [0.4, 0.5) is 0 Å². The van der Waals surface area contributed by atoms with Gasteiger partial charge in [-0.15, -0.1) is 11.3 Å². The van der Waals surface area contributed by atoms with Crippen LogP contribution in [0.3, 0.4) is 0 Å². The molecule has 1 amide bonds. The zero-order valence-corrected chi connectivity index (χ0v) is 15.7. The summed E-state index contributed by atoms with van der Waals surface area (Å²) in [6.07, 6.45) is 1.11. The molecule has 1 aliphatic rings. The quantitative estimate of drug-likeness (QED) is 0.767. The van der Waals surface area contributed by atoms with Crippen molar-refractivity contribution < 1.29 is 4.79 Å². The molecule has 0 N–H and O–H groups in total. The Kier molecular flexibility index (Phi) is 6.17. The Balaban J connectivity index is 1.46. The number of hydrogen-bond donors (Lipinski definition) is 0. The first-order valence-corrected chi connectivity index (χ1v) is 9.72. The minimum atomic E-state index is 0.196. The van der Waals surface area contributed by atoms with Gasteiger partial charge in [-0.05, 0) is 29.5 Å². The fraction of sp³-hybridized carbons (Fsp3) is 0.389. The fourth-order valence-corrected chi connectivity index (χ4v) is 4.08. The summed E-state index contributed by atoms with van der Waals surface area (Å²) in [6, 6.07) is 9.82. The molecule has 0 radical (unpaired) electrons. The van der Waals surface area contributed by atoms with E-state index in [1.165, 1.54) is 4.88 Å². The SMILES string of the molecule is O=C(CCc1cccc(Cl)c1Cl)N1CCN(Cc2cccs2)CC1. The largest absolute Gasteiger partial charge is 0.340 e. The van der Waals surface area contributed by atoms with Gasteiger partial charge >= 0.3 is 0 Å². The summed E-state index contributed by atoms with van der Waals surface area (Å²) in [5.41, 5.74) is 0.939. The van der Waals surface area contributed by atoms with Gasteiger partial charge in [-0.25, -0.2) is 0 Å². The molecule has 1 aromatic heterocycles. The fourth-order valence-electron chi connectivity index (χ4n) is 2.92. The lowest BCUT2D eigenvalue weighted by molar-refractivity contribution is -0.132. The van der Waals surface area contributed by atoms with Crippen LogP contribution < -0.4 is 0 Å². The lowest BCUT2D eigenvalue weighted by atomic mass is 10.1. The molecule has 0 unspecified atom stereocenters. The van der Waals surface area contributed by atoms with Crippen LogP contribution in [-0.2, 0) is 17.8 Å². The van der Waals surface area contributed by atoms with E-state index in [1.54, 1.807) is 17.4 Å². The average molecular weight is 383 g/mol. The normalized spacial score (nSPS) is 15.7. The second-order valence-electron chi connectivity index (χ2n) is 5.95. The Morgan fingerprint density at radius 3 is 2.58 bits per heavy atom. The summed E-state index contributed by atoms with van der Waals surface area (Å²) in [6.45, 7) is 4.45. The van der Waals surface area contributed by atoms with E-state index in [1.807, 2.05) is 17.0 Å². The highest BCUT2D eigenvalue weighted by atomic mass is 35.5. The Morgan fingerprint density at radius 1 is 1.08 bits per heavy atom. The highest BCUT2D eigenvalue weighted by Gasteiger charge is 2.21. The number of hydrogen-bond acceptors (Lipinski definition) is 3. The maximum absolute atomic E-state index is 12.4. The second-order valence-corrected chi connectivity index (χ2v) is 7.77. The number of carbonyl (C=O) groups is 1. The number of halogens is 2. The predicted octanol–water partition coefficient (Wildman–Crippen LogP) is 4.33. The topological polar surface area (TPSA) is 23.6 Å². The van der Waals surface area contributed by atoms with Gasteiger partial charge in [0.05, 0.1) is 10.0 Å². The van der Waals surface area contributed by atoms with E-state index in [9.17, 15) is 4.79 Å². The van der Waals surface area contributed by atoms with Gasteiger partial charge in [-0.3, -0.25) is 9.69 Å². The van der Waals surface area contributed by atoms with E-state index < -0.39 is 0 Å². The summed E-state index contributed by atoms with van der Waals surface area (Å²) in [5.74, 6) is 0.196. The molecule has 128 valence electrons. The van der Waals surface area contributed by atoms with Crippen molar-refractivity contribution in [1.82, 2.24) is 9.80 Å². The number of amides is 1. The maximum Gasteiger partial charge on any atom is 0.222 e. The standard InChI is InChI=1S/C18H20Cl2N2OS/c19-16-5-1-3-14(18(16)20)6-7-17(23)22-10-8-21(9-11-22)13-15-4-2-12-24-15/h1-5,12H,6-11,13H2. The Morgan fingerprint density at radius 2 is 1.88 bits per heavy atom. The first-order chi connectivity index (χ1) is 11.6. The average Bonchev–Trinajstić information content (AvgIpc) is 3.09. The summed E-state index contributed by atoms with van der Waals surface area (Å²) in [7, 11) is 0. The molecule has 3 nitrogen and oxygen atoms in total. The van der Waals surface area contributed by atoms with E-state index in [4.69, 9.17) is 23.2 Å². The highest BCUT2D eigenvalue weighted by molar-refractivity contribution is 7.09. The van der Waals surface area contributed by atoms with Crippen LogP contribution in [0.15, 0.2) is 35.7 Å². The molecule has 2 aromatic rings. The van der Waals surface area contributed by atoms with Gasteiger partial charge in [0.2, 0.25) is 5.91 Å². The second kappa shape index (κ2) is 8.34. The van der Waals surface area contributed by atoms with Gasteiger partial charge in [-0.1, -0.05) is 41.4 Å². The molecule has 6 heteroatoms. The van der Waals surface area contributed by atoms with Crippen molar-refractivity contribution in [3.05, 3.63) is 56.2 Å². The zero-order chi connectivity index (χ0) is 16.9. The lowest BCUT2D eigenvalue weighted by Gasteiger charge is -2.34. The van der Waals surface area contributed by atoms with Crippen LogP contribution in [0.5, 0.6) is 0 Å². The van der Waals surface area contributed by atoms with Crippen molar-refractivity contribution >= 4 is 40.4 Å². The summed E-state index contributed by atoms with van der Waals surface area (Å²) < 4.78 is 0. The van der Waals surface area contributed by atoms with Gasteiger partial charge in [0, 0.05) is 44.0 Å². The molecular weight excluding hydrogens is 363 g/mol. The molecule has 0 aliphatic carbocycles. The first-order valence-electron chi connectivity index (χ1n) is 8.09. The van der Waals surface area contributed by atoms with E-state index in [0.29, 0.717) is 22.9 Å². The molecule has 0 saturated carbocycles. The van der Waals surface area contributed by atoms with Gasteiger partial charge < -0.3 is 4.90 Å². The zero-order valence-electron chi connectivity index (χ0n) is 13.4. The van der Waals surface area contributed by atoms with Crippen LogP contribution in [0.25, 0.3) is 0 Å². The van der Waals surface area contributed by atoms with E-state index >= 15 is 0 Å². The molecule has 1 saturated heterocycles. The number of piperazine rings is 1. The smallest absolute Gasteiger partial charge is 0.222 e. The number of thiophene rings is 1. The Labute approximate surface area is 156 Å². The Bertz CT molecular complexity index is 682. The lowest BCUT2D eigenvalue weighted by Crippen LogP contribution is -2.48. The van der Waals surface area contributed by atoms with Gasteiger partial charge in [-0.2, -0.15) is 0 Å². The molecule has 24 heavy (non-hydrogen) atoms. The third kappa shape index (κ3) is 4.51. The van der Waals surface area contributed by atoms with Crippen LogP contribution in [-0.4, -0.2) is 41.9 Å². The van der Waals surface area contributed by atoms with E-state index in [2.05, 4.69) is 22.4 Å². The van der Waals surface area contributed by atoms with E-state index in [-0.39, 0.29) is 5.91 Å². The minimum absolute atomic E-state index is 0.196. The van der Waals surface area contributed by atoms with Crippen LogP contribution >= 0.6 is 34.5 Å². The monoisotopic (exact) mass is 382 g/mol. The molecule has 1 aliphatic heterocycles. The van der Waals surface area contributed by atoms with Crippen molar-refractivity contribution in [3.63, 3.8) is 0 Å². The summed E-state index contributed by atoms with van der Waals surface area (Å²) >= 11 is 14.0. The van der Waals surface area contributed by atoms with Crippen molar-refractivity contribution in [1.29, 1.82) is 0 Å². The van der Waals surface area contributed by atoms with Crippen molar-refractivity contribution in [2.24, 2.45) is 0 Å². The van der Waals surface area contributed by atoms with Gasteiger partial charge in [0.15, 0.2) is 0 Å². The van der Waals surface area contributed by atoms with Crippen LogP contribution in [0.1, 0.15) is 16.9 Å². The predicted molar refractivity (Wildman–Crippen MR) is 101 cm³/mol. The van der Waals surface area contributed by atoms with Crippen LogP contribution in [0.2, 0.25) is 10.0 Å². The van der Waals surface area contributed by atoms with Crippen LogP contribution in [0, 0.1) is 0 Å². The van der Waals surface area contributed by atoms with Gasteiger partial charge in [0.1, 0.15) is 0 Å². The molecule has 0 bridgehead atoms. The van der Waals surface area contributed by atoms with Crippen molar-refractivity contribution in [2.45, 2.75) is 19.4 Å². The van der Waals surface area contributed by atoms with Gasteiger partial charge in [0.25, 0.3) is 0 Å². The number of benzene rings is 1. The Hall–Kier alpha value is -1.07. The molecular formula is C18H20Cl2N2OS. The molecule has 0 atom stereocenters. The molecule has 1 aromatic carbocycles. The summed E-state index contributed by atoms with van der Waals surface area (Å²) in [4.78, 5) is 18.2. The van der Waals surface area contributed by atoms with E-state index in [0.717, 1.165) is 38.3 Å². The highest BCUT2D eigenvalue weighted by Crippen LogP contribution is 2.26. The third-order valence-electron chi connectivity index (χ3n) is 4.32. The van der Waals surface area contributed by atoms with Crippen molar-refractivity contribution in [3.8, 4) is 0 Å². The third-order valence-corrected chi connectivity index (χ3v) is 6.04.